The summed E-state index contributed by atoms with van der Waals surface area (Å²) in [4.78, 5) is 43.3. The highest BCUT2D eigenvalue weighted by Crippen LogP contribution is 2.20. The van der Waals surface area contributed by atoms with Crippen LogP contribution in [0.25, 0.3) is 0 Å². The summed E-state index contributed by atoms with van der Waals surface area (Å²) < 4.78 is 26.8. The fraction of sp³-hybridized carbons (Fsp3) is 0.455. The van der Waals surface area contributed by atoms with Gasteiger partial charge < -0.3 is 21.7 Å². The summed E-state index contributed by atoms with van der Waals surface area (Å²) in [7, 11) is 0. The topological polar surface area (TPSA) is 131 Å². The van der Waals surface area contributed by atoms with Gasteiger partial charge in [-0.3, -0.25) is 14.4 Å². The molecule has 0 radical (unpaired) electrons. The lowest BCUT2D eigenvalue weighted by Crippen LogP contribution is -2.52. The van der Waals surface area contributed by atoms with Gasteiger partial charge in [-0.1, -0.05) is 20.8 Å². The highest BCUT2D eigenvalue weighted by atomic mass is 19.1. The second-order valence-corrected chi connectivity index (χ2v) is 8.71. The number of allylic oxidation sites excluding steroid dienone is 1. The lowest BCUT2D eigenvalue weighted by Gasteiger charge is -2.22. The van der Waals surface area contributed by atoms with Crippen molar-refractivity contribution in [1.82, 2.24) is 10.2 Å². The standard InChI is InChI=1S/C22H29F2N5O3/c1-22(2,3)16(25)12-17(26)27-20(31)19(21(32)29-6-4-5-7-29)28-18(30)10-13-8-14(23)11-15(24)9-13/h8-9,11-12,19H,4-7,10,25H2,1-3H3,(H,28,30)(H2,26,27,31). The van der Waals surface area contributed by atoms with Crippen LogP contribution in [0.4, 0.5) is 8.78 Å². The molecule has 32 heavy (non-hydrogen) atoms. The largest absolute Gasteiger partial charge is 0.401 e. The van der Waals surface area contributed by atoms with E-state index in [-0.39, 0.29) is 11.4 Å². The minimum Gasteiger partial charge on any atom is -0.401 e. The number of rotatable bonds is 6. The van der Waals surface area contributed by atoms with Crippen molar-refractivity contribution in [1.29, 1.82) is 0 Å². The molecule has 1 aliphatic rings. The molecule has 3 amide bonds. The van der Waals surface area contributed by atoms with Crippen LogP contribution >= 0.6 is 0 Å². The van der Waals surface area contributed by atoms with E-state index in [1.807, 2.05) is 20.8 Å². The first-order valence-electron chi connectivity index (χ1n) is 10.3. The summed E-state index contributed by atoms with van der Waals surface area (Å²) in [5.74, 6) is -4.22. The quantitative estimate of drug-likeness (QED) is 0.343. The van der Waals surface area contributed by atoms with Crippen molar-refractivity contribution >= 4 is 23.6 Å². The number of amidine groups is 1. The monoisotopic (exact) mass is 449 g/mol. The Morgan fingerprint density at radius 1 is 1.12 bits per heavy atom. The molecule has 5 N–H and O–H groups in total. The summed E-state index contributed by atoms with van der Waals surface area (Å²) >= 11 is 0. The molecule has 174 valence electrons. The number of hydrogen-bond donors (Lipinski definition) is 3. The molecule has 0 aliphatic carbocycles. The predicted octanol–water partition coefficient (Wildman–Crippen LogP) is 1.39. The lowest BCUT2D eigenvalue weighted by atomic mass is 9.92. The Balaban J connectivity index is 2.23. The number of nitrogens with two attached hydrogens (primary N) is 2. The minimum absolute atomic E-state index is 0.0590. The van der Waals surface area contributed by atoms with Gasteiger partial charge in [0.25, 0.3) is 11.8 Å². The van der Waals surface area contributed by atoms with Gasteiger partial charge in [0, 0.05) is 30.3 Å². The van der Waals surface area contributed by atoms with Gasteiger partial charge in [0.2, 0.25) is 5.91 Å². The van der Waals surface area contributed by atoms with E-state index in [4.69, 9.17) is 11.5 Å². The van der Waals surface area contributed by atoms with Crippen LogP contribution in [0.3, 0.4) is 0 Å². The third kappa shape index (κ3) is 7.14. The maximum Gasteiger partial charge on any atom is 0.279 e. The number of hydrogen-bond acceptors (Lipinski definition) is 4. The van der Waals surface area contributed by atoms with Crippen molar-refractivity contribution in [3.8, 4) is 0 Å². The van der Waals surface area contributed by atoms with Gasteiger partial charge in [-0.2, -0.15) is 4.99 Å². The molecule has 1 aromatic rings. The molecular weight excluding hydrogens is 420 g/mol. The third-order valence-corrected chi connectivity index (χ3v) is 4.91. The summed E-state index contributed by atoms with van der Waals surface area (Å²) in [5, 5.41) is 2.33. The van der Waals surface area contributed by atoms with Crippen molar-refractivity contribution in [2.75, 3.05) is 13.1 Å². The molecule has 1 aromatic carbocycles. The Morgan fingerprint density at radius 3 is 2.22 bits per heavy atom. The highest BCUT2D eigenvalue weighted by molar-refractivity contribution is 6.12. The maximum atomic E-state index is 13.4. The van der Waals surface area contributed by atoms with E-state index < -0.39 is 47.2 Å². The lowest BCUT2D eigenvalue weighted by molar-refractivity contribution is -0.140. The Hall–Kier alpha value is -3.30. The Kier molecular flexibility index (Phi) is 8.07. The number of carbonyl (C=O) groups is 3. The second-order valence-electron chi connectivity index (χ2n) is 8.71. The first kappa shape index (κ1) is 25.0. The smallest absolute Gasteiger partial charge is 0.279 e. The van der Waals surface area contributed by atoms with Gasteiger partial charge >= 0.3 is 0 Å². The van der Waals surface area contributed by atoms with Gasteiger partial charge in [0.05, 0.1) is 6.42 Å². The number of likely N-dealkylation sites (tertiary alicyclic amines) is 1. The van der Waals surface area contributed by atoms with Crippen LogP contribution in [-0.4, -0.2) is 47.6 Å². The molecule has 1 aliphatic heterocycles. The molecule has 1 unspecified atom stereocenters. The van der Waals surface area contributed by atoms with E-state index >= 15 is 0 Å². The maximum absolute atomic E-state index is 13.4. The molecule has 1 atom stereocenters. The fourth-order valence-electron chi connectivity index (χ4n) is 3.06. The normalized spacial score (nSPS) is 16.1. The molecule has 0 aromatic heterocycles. The molecule has 10 heteroatoms. The number of nitrogens with zero attached hydrogens (tertiary/aromatic N) is 2. The number of aliphatic imine (C=N–C) groups is 1. The SMILES string of the molecule is CC(C)(C)C(N)=CC(N)=NC(=O)C(NC(=O)Cc1cc(F)cc(F)c1)C(=O)N1CCCC1. The van der Waals surface area contributed by atoms with E-state index in [2.05, 4.69) is 10.3 Å². The zero-order chi connectivity index (χ0) is 24.1. The minimum atomic E-state index is -1.61. The predicted molar refractivity (Wildman–Crippen MR) is 116 cm³/mol. The van der Waals surface area contributed by atoms with Gasteiger partial charge in [0.15, 0.2) is 6.04 Å². The van der Waals surface area contributed by atoms with Crippen LogP contribution in [-0.2, 0) is 20.8 Å². The highest BCUT2D eigenvalue weighted by Gasteiger charge is 2.33. The fourth-order valence-corrected chi connectivity index (χ4v) is 3.06. The molecule has 1 saturated heterocycles. The molecule has 2 rings (SSSR count). The molecule has 0 bridgehead atoms. The van der Waals surface area contributed by atoms with Gasteiger partial charge in [-0.05, 0) is 36.6 Å². The van der Waals surface area contributed by atoms with Crippen molar-refractivity contribution < 1.29 is 23.2 Å². The number of benzene rings is 1. The molecule has 0 spiro atoms. The zero-order valence-corrected chi connectivity index (χ0v) is 18.5. The van der Waals surface area contributed by atoms with Gasteiger partial charge in [-0.25, -0.2) is 8.78 Å². The zero-order valence-electron chi connectivity index (χ0n) is 18.5. The number of nitrogens with one attached hydrogen (secondary N) is 1. The Morgan fingerprint density at radius 2 is 1.69 bits per heavy atom. The van der Waals surface area contributed by atoms with Crippen LogP contribution < -0.4 is 16.8 Å². The average Bonchev–Trinajstić information content (AvgIpc) is 3.18. The van der Waals surface area contributed by atoms with E-state index in [9.17, 15) is 23.2 Å². The Labute approximate surface area is 185 Å². The summed E-state index contributed by atoms with van der Waals surface area (Å²) in [6.07, 6.45) is 2.45. The molecule has 0 saturated carbocycles. The first-order valence-corrected chi connectivity index (χ1v) is 10.3. The van der Waals surface area contributed by atoms with E-state index in [1.54, 1.807) is 0 Å². The van der Waals surface area contributed by atoms with E-state index in [1.165, 1.54) is 11.0 Å². The average molecular weight is 450 g/mol. The first-order chi connectivity index (χ1) is 14.9. The van der Waals surface area contributed by atoms with E-state index in [0.717, 1.165) is 25.0 Å². The van der Waals surface area contributed by atoms with Crippen LogP contribution in [0, 0.1) is 17.0 Å². The van der Waals surface area contributed by atoms with Crippen molar-refractivity contribution in [3.63, 3.8) is 0 Å². The van der Waals surface area contributed by atoms with Crippen LogP contribution in [0.5, 0.6) is 0 Å². The summed E-state index contributed by atoms with van der Waals surface area (Å²) in [6, 6.07) is 1.07. The van der Waals surface area contributed by atoms with Gasteiger partial charge in [-0.15, -0.1) is 0 Å². The Bertz CT molecular complexity index is 927. The van der Waals surface area contributed by atoms with Crippen LogP contribution in [0.1, 0.15) is 39.2 Å². The molecule has 1 heterocycles. The van der Waals surface area contributed by atoms with Crippen molar-refractivity contribution in [3.05, 3.63) is 47.2 Å². The number of halogens is 2. The summed E-state index contributed by atoms with van der Waals surface area (Å²) in [5.41, 5.74) is 11.8. The molecular formula is C22H29F2N5O3. The molecule has 8 nitrogen and oxygen atoms in total. The van der Waals surface area contributed by atoms with Crippen molar-refractivity contribution in [2.45, 2.75) is 46.1 Å². The number of carbonyl (C=O) groups excluding carboxylic acids is 3. The third-order valence-electron chi connectivity index (χ3n) is 4.91. The van der Waals surface area contributed by atoms with Crippen LogP contribution in [0.15, 0.2) is 35.0 Å². The van der Waals surface area contributed by atoms with E-state index in [0.29, 0.717) is 24.9 Å². The number of amides is 3. The van der Waals surface area contributed by atoms with Crippen LogP contribution in [0.2, 0.25) is 0 Å². The molecule has 1 fully saturated rings. The second kappa shape index (κ2) is 10.3. The van der Waals surface area contributed by atoms with Gasteiger partial charge in [0.1, 0.15) is 17.5 Å². The van der Waals surface area contributed by atoms with Crippen molar-refractivity contribution in [2.24, 2.45) is 21.9 Å². The summed E-state index contributed by atoms with van der Waals surface area (Å²) in [6.45, 7) is 6.45.